The maximum absolute atomic E-state index is 10.1. The summed E-state index contributed by atoms with van der Waals surface area (Å²) >= 11 is 7.24. The first-order chi connectivity index (χ1) is 14.4. The van der Waals surface area contributed by atoms with Gasteiger partial charge in [0.15, 0.2) is 0 Å². The van der Waals surface area contributed by atoms with E-state index in [1.165, 1.54) is 5.56 Å². The average Bonchev–Trinajstić information content (AvgIpc) is 2.66. The van der Waals surface area contributed by atoms with Gasteiger partial charge in [-0.1, -0.05) is 76.9 Å². The quantitative estimate of drug-likeness (QED) is 0.182. The second kappa shape index (κ2) is 8.86. The van der Waals surface area contributed by atoms with Crippen LogP contribution in [-0.2, 0) is 5.41 Å². The molecule has 0 amide bonds. The van der Waals surface area contributed by atoms with E-state index in [0.29, 0.717) is 5.71 Å². The molecule has 0 heterocycles. The van der Waals surface area contributed by atoms with Crippen LogP contribution in [0.25, 0.3) is 16.7 Å². The topological polar surface area (TPSA) is 36.4 Å². The summed E-state index contributed by atoms with van der Waals surface area (Å²) in [5.41, 5.74) is 20.7. The van der Waals surface area contributed by atoms with Crippen molar-refractivity contribution in [3.05, 3.63) is 95.9 Å². The van der Waals surface area contributed by atoms with E-state index in [1.807, 2.05) is 12.1 Å². The van der Waals surface area contributed by atoms with Crippen molar-refractivity contribution in [3.8, 4) is 11.1 Å². The first kappa shape index (κ1) is 23.7. The predicted octanol–water partition coefficient (Wildman–Crippen LogP) is 8.48. The van der Waals surface area contributed by atoms with Crippen LogP contribution in [0.1, 0.15) is 59.7 Å². The molecule has 0 fully saturated rings. The van der Waals surface area contributed by atoms with E-state index in [2.05, 4.69) is 115 Å². The molecule has 0 N–H and O–H groups in total. The fraction of sp³-hybridized carbons (Fsp3) is 0.296. The number of halogens is 2. The molecule has 0 aromatic heterocycles. The van der Waals surface area contributed by atoms with Crippen LogP contribution in [-0.4, -0.2) is 10.5 Å². The van der Waals surface area contributed by atoms with Gasteiger partial charge in [0.2, 0.25) is 0 Å². The van der Waals surface area contributed by atoms with Crippen molar-refractivity contribution in [1.82, 2.24) is 0 Å². The third-order valence-corrected chi connectivity index (χ3v) is 6.93. The fourth-order valence-corrected chi connectivity index (χ4v) is 5.04. The number of benzene rings is 3. The van der Waals surface area contributed by atoms with E-state index in [1.54, 1.807) is 0 Å². The van der Waals surface area contributed by atoms with Crippen molar-refractivity contribution < 1.29 is 4.79 Å². The van der Waals surface area contributed by atoms with Crippen molar-refractivity contribution in [3.63, 3.8) is 0 Å². The molecule has 31 heavy (non-hydrogen) atoms. The highest BCUT2D eigenvalue weighted by Crippen LogP contribution is 2.35. The smallest absolute Gasteiger partial charge is 0.330 e. The van der Waals surface area contributed by atoms with Gasteiger partial charge < -0.3 is 5.53 Å². The van der Waals surface area contributed by atoms with Gasteiger partial charge in [-0.15, -0.1) is 0 Å². The average molecular weight is 540 g/mol. The lowest BCUT2D eigenvalue weighted by Gasteiger charge is -2.22. The second-order valence-electron chi connectivity index (χ2n) is 9.29. The van der Waals surface area contributed by atoms with Gasteiger partial charge in [0.25, 0.3) is 0 Å². The molecule has 0 unspecified atom stereocenters. The zero-order valence-corrected chi connectivity index (χ0v) is 22.4. The molecule has 3 aromatic carbocycles. The summed E-state index contributed by atoms with van der Waals surface area (Å²) in [5, 5.41) is 0. The van der Waals surface area contributed by atoms with Crippen LogP contribution in [0.5, 0.6) is 0 Å². The Bertz CT molecular complexity index is 1180. The zero-order chi connectivity index (χ0) is 23.1. The number of aryl methyl sites for hydroxylation is 4. The van der Waals surface area contributed by atoms with Gasteiger partial charge in [-0.3, -0.25) is 0 Å². The third-order valence-electron chi connectivity index (χ3n) is 5.74. The molecule has 0 aliphatic rings. The van der Waals surface area contributed by atoms with Crippen LogP contribution < -0.4 is 0 Å². The molecule has 2 nitrogen and oxygen atoms in total. The van der Waals surface area contributed by atoms with Crippen molar-refractivity contribution in [2.24, 2.45) is 0 Å². The van der Waals surface area contributed by atoms with E-state index in [4.69, 9.17) is 0 Å². The van der Waals surface area contributed by atoms with Gasteiger partial charge in [-0.05, 0) is 90.3 Å². The van der Waals surface area contributed by atoms with Gasteiger partial charge in [0.1, 0.15) is 0 Å². The maximum atomic E-state index is 10.1. The highest BCUT2D eigenvalue weighted by atomic mass is 79.9. The van der Waals surface area contributed by atoms with E-state index in [0.717, 1.165) is 53.5 Å². The van der Waals surface area contributed by atoms with Gasteiger partial charge in [-0.2, -0.15) is 4.79 Å². The molecule has 0 saturated heterocycles. The Morgan fingerprint density at radius 3 is 1.71 bits per heavy atom. The summed E-state index contributed by atoms with van der Waals surface area (Å²) < 4.78 is 2.08. The molecule has 0 bridgehead atoms. The predicted molar refractivity (Wildman–Crippen MR) is 138 cm³/mol. The van der Waals surface area contributed by atoms with Gasteiger partial charge in [0.05, 0.1) is 11.1 Å². The van der Waals surface area contributed by atoms with Crippen molar-refractivity contribution in [1.29, 1.82) is 0 Å². The summed E-state index contributed by atoms with van der Waals surface area (Å²) in [6, 6.07) is 14.9. The highest BCUT2D eigenvalue weighted by Gasteiger charge is 2.26. The minimum Gasteiger partial charge on any atom is -0.361 e. The first-order valence-electron chi connectivity index (χ1n) is 10.3. The van der Waals surface area contributed by atoms with Gasteiger partial charge in [-0.25, -0.2) is 0 Å². The van der Waals surface area contributed by atoms with Crippen LogP contribution in [0.4, 0.5) is 0 Å². The van der Waals surface area contributed by atoms with Crippen LogP contribution in [0.2, 0.25) is 0 Å². The Morgan fingerprint density at radius 2 is 1.26 bits per heavy atom. The summed E-state index contributed by atoms with van der Waals surface area (Å²) in [5.74, 6) is 0. The van der Waals surface area contributed by atoms with Crippen molar-refractivity contribution in [2.75, 3.05) is 0 Å². The van der Waals surface area contributed by atoms with Crippen LogP contribution >= 0.6 is 31.9 Å². The van der Waals surface area contributed by atoms with Crippen molar-refractivity contribution in [2.45, 2.75) is 53.9 Å². The summed E-state index contributed by atoms with van der Waals surface area (Å²) in [6.07, 6.45) is 0. The zero-order valence-electron chi connectivity index (χ0n) is 19.2. The van der Waals surface area contributed by atoms with E-state index in [-0.39, 0.29) is 5.41 Å². The van der Waals surface area contributed by atoms with Crippen LogP contribution in [0, 0.1) is 27.7 Å². The maximum Gasteiger partial charge on any atom is 0.330 e. The monoisotopic (exact) mass is 538 g/mol. The summed E-state index contributed by atoms with van der Waals surface area (Å²) in [7, 11) is 0. The molecule has 3 rings (SSSR count). The molecular formula is C27H28Br2N2. The Labute approximate surface area is 202 Å². The Morgan fingerprint density at radius 1 is 0.774 bits per heavy atom. The molecule has 0 aliphatic carbocycles. The van der Waals surface area contributed by atoms with Crippen molar-refractivity contribution >= 4 is 37.6 Å². The molecule has 0 saturated carbocycles. The Kier molecular flexibility index (Phi) is 6.76. The number of nitrogens with zero attached hydrogens (tertiary/aromatic N) is 2. The highest BCUT2D eigenvalue weighted by molar-refractivity contribution is 9.11. The summed E-state index contributed by atoms with van der Waals surface area (Å²) in [4.78, 5) is 3.80. The Hall–Kier alpha value is -2.00. The third kappa shape index (κ3) is 4.77. The lowest BCUT2D eigenvalue weighted by atomic mass is 9.81. The molecule has 0 spiro atoms. The number of hydrogen-bond donors (Lipinski definition) is 0. The SMILES string of the molecule is Cc1cc(-c2cc(Br)ccc2Br)cc(C)c1C(=[N+]=[N-])c1c(C)cc(C(C)(C)C)cc1C. The molecule has 4 heteroatoms. The largest absolute Gasteiger partial charge is 0.361 e. The normalized spacial score (nSPS) is 11.4. The van der Waals surface area contributed by atoms with E-state index >= 15 is 0 Å². The lowest BCUT2D eigenvalue weighted by Crippen LogP contribution is -2.16. The first-order valence-corrected chi connectivity index (χ1v) is 11.9. The van der Waals surface area contributed by atoms with Crippen LogP contribution in [0.15, 0.2) is 51.4 Å². The number of hydrogen-bond acceptors (Lipinski definition) is 0. The molecular weight excluding hydrogens is 512 g/mol. The lowest BCUT2D eigenvalue weighted by molar-refractivity contribution is -0.00295. The summed E-state index contributed by atoms with van der Waals surface area (Å²) in [6.45, 7) is 15.0. The Balaban J connectivity index is 2.19. The van der Waals surface area contributed by atoms with E-state index in [9.17, 15) is 5.53 Å². The van der Waals surface area contributed by atoms with Gasteiger partial charge >= 0.3 is 5.71 Å². The molecule has 3 aromatic rings. The van der Waals surface area contributed by atoms with Crippen LogP contribution in [0.3, 0.4) is 0 Å². The fourth-order valence-electron chi connectivity index (χ4n) is 4.21. The molecule has 0 aliphatic heterocycles. The minimum absolute atomic E-state index is 0.0649. The van der Waals surface area contributed by atoms with Gasteiger partial charge in [0, 0.05) is 8.95 Å². The molecule has 0 atom stereocenters. The standard InChI is InChI=1S/C27H28Br2N2/c1-15-10-19(22-14-21(28)8-9-23(22)29)11-16(2)24(15)26(31-30)25-17(3)12-20(13-18(25)4)27(5,6)7/h8-14H,1-7H3. The second-order valence-corrected chi connectivity index (χ2v) is 11.1. The molecule has 160 valence electrons. The number of rotatable bonds is 3. The minimum atomic E-state index is 0.0649. The molecule has 0 radical (unpaired) electrons. The van der Waals surface area contributed by atoms with E-state index < -0.39 is 0 Å².